The maximum atomic E-state index is 2.34. The van der Waals surface area contributed by atoms with Crippen molar-refractivity contribution in [3.05, 3.63) is 70.8 Å². The molecule has 94 valence electrons. The van der Waals surface area contributed by atoms with Crippen LogP contribution in [0.25, 0.3) is 0 Å². The Morgan fingerprint density at radius 2 is 1.83 bits per heavy atom. The third kappa shape index (κ3) is 2.33. The predicted octanol–water partition coefficient (Wildman–Crippen LogP) is 5.10. The van der Waals surface area contributed by atoms with Gasteiger partial charge in [-0.2, -0.15) is 0 Å². The molecule has 0 fully saturated rings. The second-order valence-corrected chi connectivity index (χ2v) is 5.06. The van der Waals surface area contributed by atoms with Crippen LogP contribution in [-0.4, -0.2) is 0 Å². The Balaban J connectivity index is 0.00000120. The van der Waals surface area contributed by atoms with Crippen molar-refractivity contribution in [2.24, 2.45) is 0 Å². The van der Waals surface area contributed by atoms with Gasteiger partial charge in [0.25, 0.3) is 0 Å². The lowest BCUT2D eigenvalue weighted by Crippen LogP contribution is -2.10. The zero-order chi connectivity index (χ0) is 11.7. The molecule has 0 radical (unpaired) electrons. The Bertz CT molecular complexity index is 525. The first kappa shape index (κ1) is 12.9. The maximum Gasteiger partial charge on any atom is 0.00922 e. The summed E-state index contributed by atoms with van der Waals surface area (Å²) in [6.07, 6.45) is 3.86. The lowest BCUT2D eigenvalue weighted by atomic mass is 9.79. The van der Waals surface area contributed by atoms with Crippen LogP contribution in [-0.2, 0) is 6.42 Å². The van der Waals surface area contributed by atoms with Crippen molar-refractivity contribution in [3.63, 3.8) is 0 Å². The third-order valence-electron chi connectivity index (χ3n) is 3.81. The molecule has 0 heterocycles. The predicted molar refractivity (Wildman–Crippen MR) is 79.1 cm³/mol. The lowest BCUT2D eigenvalue weighted by Gasteiger charge is -2.26. The molecule has 0 bridgehead atoms. The molecule has 3 rings (SSSR count). The Morgan fingerprint density at radius 1 is 1.00 bits per heavy atom. The van der Waals surface area contributed by atoms with Gasteiger partial charge in [0.2, 0.25) is 0 Å². The zero-order valence-corrected chi connectivity index (χ0v) is 10.3. The van der Waals surface area contributed by atoms with Crippen molar-refractivity contribution in [2.75, 3.05) is 0 Å². The first-order chi connectivity index (χ1) is 8.34. The fraction of sp³-hybridized carbons (Fsp3) is 0.333. The van der Waals surface area contributed by atoms with Gasteiger partial charge < -0.3 is 0 Å². The Kier molecular flexibility index (Phi) is 3.86. The van der Waals surface area contributed by atoms with Crippen molar-refractivity contribution in [2.45, 2.75) is 39.5 Å². The molecule has 0 aliphatic heterocycles. The number of aryl methyl sites for hydroxylation is 2. The molecule has 2 aromatic rings. The largest absolute Gasteiger partial charge is 0.0776 e. The van der Waals surface area contributed by atoms with E-state index in [1.807, 2.05) is 0 Å². The lowest BCUT2D eigenvalue weighted by molar-refractivity contribution is 0.615. The molecule has 1 atom stereocenters. The van der Waals surface area contributed by atoms with Crippen molar-refractivity contribution in [3.8, 4) is 0 Å². The normalized spacial score (nSPS) is 17.7. The highest BCUT2D eigenvalue weighted by Gasteiger charge is 2.20. The number of hydrogen-bond donors (Lipinski definition) is 0. The summed E-state index contributed by atoms with van der Waals surface area (Å²) in [7, 11) is 0. The molecule has 0 saturated heterocycles. The van der Waals surface area contributed by atoms with Crippen LogP contribution in [0.4, 0.5) is 0 Å². The van der Waals surface area contributed by atoms with Crippen LogP contribution < -0.4 is 0 Å². The van der Waals surface area contributed by atoms with Gasteiger partial charge in [-0.1, -0.05) is 61.5 Å². The number of rotatable bonds is 1. The summed E-state index contributed by atoms with van der Waals surface area (Å²) < 4.78 is 0. The smallest absolute Gasteiger partial charge is 0.00922 e. The van der Waals surface area contributed by atoms with Gasteiger partial charge in [0.1, 0.15) is 0 Å². The topological polar surface area (TPSA) is 0 Å². The minimum absolute atomic E-state index is 0. The van der Waals surface area contributed by atoms with E-state index in [1.54, 1.807) is 11.1 Å². The molecule has 2 aromatic carbocycles. The molecule has 0 N–H and O–H groups in total. The Morgan fingerprint density at radius 3 is 2.67 bits per heavy atom. The minimum atomic E-state index is 0. The molecule has 1 unspecified atom stereocenters. The number of fused-ring (bicyclic) bond motifs is 1. The molecule has 0 saturated carbocycles. The van der Waals surface area contributed by atoms with Crippen LogP contribution in [0, 0.1) is 6.92 Å². The molecule has 0 nitrogen and oxygen atoms in total. The number of benzene rings is 2. The summed E-state index contributed by atoms with van der Waals surface area (Å²) in [5.41, 5.74) is 5.94. The Labute approximate surface area is 111 Å². The van der Waals surface area contributed by atoms with Crippen LogP contribution in [0.2, 0.25) is 0 Å². The standard InChI is InChI=1S/C17H18.CH4/c1-13-6-4-9-15(12-13)17-11-5-8-14-7-2-3-10-16(14)17;/h2-4,6-7,9-10,12,17H,5,8,11H2,1H3;1H4. The van der Waals surface area contributed by atoms with Crippen LogP contribution >= 0.6 is 0 Å². The second kappa shape index (κ2) is 5.39. The van der Waals surface area contributed by atoms with E-state index >= 15 is 0 Å². The van der Waals surface area contributed by atoms with Crippen molar-refractivity contribution in [1.29, 1.82) is 0 Å². The van der Waals surface area contributed by atoms with Gasteiger partial charge in [-0.05, 0) is 42.9 Å². The average Bonchev–Trinajstić information content (AvgIpc) is 2.38. The zero-order valence-electron chi connectivity index (χ0n) is 10.3. The molecular formula is C18H22. The highest BCUT2D eigenvalue weighted by atomic mass is 14.2. The van der Waals surface area contributed by atoms with E-state index < -0.39 is 0 Å². The third-order valence-corrected chi connectivity index (χ3v) is 3.81. The van der Waals surface area contributed by atoms with Gasteiger partial charge in [0.15, 0.2) is 0 Å². The summed E-state index contributed by atoms with van der Waals surface area (Å²) in [5.74, 6) is 0.611. The Hall–Kier alpha value is -1.56. The average molecular weight is 238 g/mol. The van der Waals surface area contributed by atoms with Crippen molar-refractivity contribution in [1.82, 2.24) is 0 Å². The fourth-order valence-corrected chi connectivity index (χ4v) is 2.99. The van der Waals surface area contributed by atoms with Gasteiger partial charge in [-0.3, -0.25) is 0 Å². The van der Waals surface area contributed by atoms with Crippen LogP contribution in [0.3, 0.4) is 0 Å². The number of hydrogen-bond acceptors (Lipinski definition) is 0. The van der Waals surface area contributed by atoms with Gasteiger partial charge in [-0.25, -0.2) is 0 Å². The van der Waals surface area contributed by atoms with E-state index in [1.165, 1.54) is 30.4 Å². The van der Waals surface area contributed by atoms with Gasteiger partial charge >= 0.3 is 0 Å². The monoisotopic (exact) mass is 238 g/mol. The first-order valence-corrected chi connectivity index (χ1v) is 6.49. The van der Waals surface area contributed by atoms with Crippen molar-refractivity contribution >= 4 is 0 Å². The summed E-state index contributed by atoms with van der Waals surface area (Å²) in [6.45, 7) is 2.18. The van der Waals surface area contributed by atoms with E-state index in [0.29, 0.717) is 5.92 Å². The summed E-state index contributed by atoms with van der Waals surface area (Å²) in [4.78, 5) is 0. The van der Waals surface area contributed by atoms with Crippen LogP contribution in [0.1, 0.15) is 48.4 Å². The molecule has 0 amide bonds. The molecule has 0 aromatic heterocycles. The summed E-state index contributed by atoms with van der Waals surface area (Å²) >= 11 is 0. The van der Waals surface area contributed by atoms with E-state index in [4.69, 9.17) is 0 Å². The van der Waals surface area contributed by atoms with Crippen molar-refractivity contribution < 1.29 is 0 Å². The molecular weight excluding hydrogens is 216 g/mol. The van der Waals surface area contributed by atoms with Gasteiger partial charge in [-0.15, -0.1) is 0 Å². The van der Waals surface area contributed by atoms with Crippen LogP contribution in [0.5, 0.6) is 0 Å². The first-order valence-electron chi connectivity index (χ1n) is 6.49. The van der Waals surface area contributed by atoms with E-state index in [9.17, 15) is 0 Å². The minimum Gasteiger partial charge on any atom is -0.0776 e. The molecule has 1 aliphatic carbocycles. The van der Waals surface area contributed by atoms with E-state index in [2.05, 4.69) is 55.5 Å². The molecule has 0 heteroatoms. The van der Waals surface area contributed by atoms with Gasteiger partial charge in [0.05, 0.1) is 0 Å². The van der Waals surface area contributed by atoms with E-state index in [0.717, 1.165) is 0 Å². The SMILES string of the molecule is C.Cc1cccc(C2CCCc3ccccc32)c1. The molecule has 18 heavy (non-hydrogen) atoms. The molecule has 0 spiro atoms. The highest BCUT2D eigenvalue weighted by molar-refractivity contribution is 5.40. The summed E-state index contributed by atoms with van der Waals surface area (Å²) in [5, 5.41) is 0. The van der Waals surface area contributed by atoms with Gasteiger partial charge in [0, 0.05) is 5.92 Å². The quantitative estimate of drug-likeness (QED) is 0.648. The fourth-order valence-electron chi connectivity index (χ4n) is 2.99. The van der Waals surface area contributed by atoms with Crippen LogP contribution in [0.15, 0.2) is 48.5 Å². The summed E-state index contributed by atoms with van der Waals surface area (Å²) in [6, 6.07) is 17.9. The molecule has 1 aliphatic rings. The second-order valence-electron chi connectivity index (χ2n) is 5.06. The van der Waals surface area contributed by atoms with E-state index in [-0.39, 0.29) is 7.43 Å². The highest BCUT2D eigenvalue weighted by Crippen LogP contribution is 2.36. The maximum absolute atomic E-state index is 2.34.